The standard InChI is InChI=1S/C9H13IN4O2/c1-6(2)7-3-4-8(12-13-10-11)9(5-7)14(15)16/h3-6,11,15-16H,1-2H3/p+1. The minimum absolute atomic E-state index is 0.280. The summed E-state index contributed by atoms with van der Waals surface area (Å²) in [5, 5.41) is 20.4. The van der Waals surface area contributed by atoms with Crippen LogP contribution in [0.5, 0.6) is 0 Å². The van der Waals surface area contributed by atoms with Crippen LogP contribution in [-0.4, -0.2) is 10.4 Å². The third-order valence-electron chi connectivity index (χ3n) is 2.08. The van der Waals surface area contributed by atoms with Crippen LogP contribution in [0.3, 0.4) is 0 Å². The highest BCUT2D eigenvalue weighted by Crippen LogP contribution is 2.31. The largest absolute Gasteiger partial charge is 0.288 e. The number of halogens is 1. The first-order valence-electron chi connectivity index (χ1n) is 4.61. The van der Waals surface area contributed by atoms with E-state index >= 15 is 0 Å². The molecule has 1 rings (SSSR count). The minimum atomic E-state index is -1.02. The molecule has 0 heterocycles. The molecule has 0 fully saturated rings. The van der Waals surface area contributed by atoms with E-state index in [4.69, 9.17) is 8.77 Å². The lowest BCUT2D eigenvalue weighted by molar-refractivity contribution is 0.0294. The Morgan fingerprint density at radius 1 is 1.50 bits per heavy atom. The van der Waals surface area contributed by atoms with E-state index in [-0.39, 0.29) is 10.9 Å². The lowest BCUT2D eigenvalue weighted by Gasteiger charge is -2.10. The van der Waals surface area contributed by atoms with Gasteiger partial charge in [0.1, 0.15) is 5.69 Å². The maximum absolute atomic E-state index is 9.17. The second-order valence-corrected chi connectivity index (χ2v) is 4.39. The molecule has 7 heteroatoms. The van der Waals surface area contributed by atoms with Crippen LogP contribution in [0.2, 0.25) is 0 Å². The van der Waals surface area contributed by atoms with Crippen molar-refractivity contribution in [3.8, 4) is 0 Å². The Morgan fingerprint density at radius 2 is 2.19 bits per heavy atom. The van der Waals surface area contributed by atoms with Gasteiger partial charge >= 0.3 is 0 Å². The molecule has 88 valence electrons. The van der Waals surface area contributed by atoms with Crippen molar-refractivity contribution in [2.24, 2.45) is 8.44 Å². The van der Waals surface area contributed by atoms with Crippen molar-refractivity contribution in [1.29, 1.82) is 3.56 Å². The van der Waals surface area contributed by atoms with E-state index in [0.717, 1.165) is 5.56 Å². The smallest absolute Gasteiger partial charge is 0.169 e. The van der Waals surface area contributed by atoms with Gasteiger partial charge in [0.15, 0.2) is 27.0 Å². The van der Waals surface area contributed by atoms with E-state index < -0.39 is 21.3 Å². The van der Waals surface area contributed by atoms with E-state index in [1.54, 1.807) is 12.1 Å². The molecule has 0 amide bonds. The number of nitrogens with one attached hydrogen (secondary N) is 1. The van der Waals surface area contributed by atoms with Crippen molar-refractivity contribution in [3.63, 3.8) is 0 Å². The van der Waals surface area contributed by atoms with Crippen LogP contribution in [0.1, 0.15) is 25.3 Å². The van der Waals surface area contributed by atoms with Crippen LogP contribution in [0.25, 0.3) is 0 Å². The summed E-state index contributed by atoms with van der Waals surface area (Å²) < 4.78 is 10.6. The highest BCUT2D eigenvalue weighted by molar-refractivity contribution is 14.1. The Kier molecular flexibility index (Phi) is 4.90. The van der Waals surface area contributed by atoms with Crippen LogP contribution in [0.15, 0.2) is 26.6 Å². The summed E-state index contributed by atoms with van der Waals surface area (Å²) in [6, 6.07) is 5.29. The summed E-state index contributed by atoms with van der Waals surface area (Å²) in [4.78, 5) is 0. The van der Waals surface area contributed by atoms with Crippen LogP contribution >= 0.6 is 21.3 Å². The van der Waals surface area contributed by atoms with Crippen molar-refractivity contribution < 1.29 is 10.4 Å². The number of benzene rings is 1. The number of hydrogen-bond donors (Lipinski definition) is 2. The molecule has 0 bridgehead atoms. The fourth-order valence-corrected chi connectivity index (χ4v) is 1.55. The third-order valence-corrected chi connectivity index (χ3v) is 2.51. The van der Waals surface area contributed by atoms with Gasteiger partial charge in [-0.1, -0.05) is 19.9 Å². The molecule has 1 aromatic carbocycles. The van der Waals surface area contributed by atoms with E-state index in [0.29, 0.717) is 11.6 Å². The molecule has 1 aromatic rings. The summed E-state index contributed by atoms with van der Waals surface area (Å²) in [6.45, 7) is 4.06. The minimum Gasteiger partial charge on any atom is -0.288 e. The SMILES string of the molecule is CC(C)c1ccc(N=NI=N)c(N(O)[OH2+])c1. The molecule has 0 aromatic heterocycles. The van der Waals surface area contributed by atoms with Gasteiger partial charge in [0.25, 0.3) is 0 Å². The van der Waals surface area contributed by atoms with Crippen LogP contribution in [0.4, 0.5) is 11.4 Å². The van der Waals surface area contributed by atoms with Gasteiger partial charge in [-0.25, -0.2) is 5.21 Å². The topological polar surface area (TPSA) is 94.9 Å². The molecular formula is C9H14IN4O2+. The molecule has 0 aliphatic carbocycles. The van der Waals surface area contributed by atoms with E-state index in [9.17, 15) is 5.21 Å². The number of anilines is 1. The lowest BCUT2D eigenvalue weighted by atomic mass is 10.0. The van der Waals surface area contributed by atoms with Crippen molar-refractivity contribution in [1.82, 2.24) is 0 Å². The van der Waals surface area contributed by atoms with Gasteiger partial charge in [-0.05, 0) is 28.8 Å². The Labute approximate surface area is 104 Å². The van der Waals surface area contributed by atoms with Gasteiger partial charge in [0.2, 0.25) is 0 Å². The Hall–Kier alpha value is -0.930. The first-order chi connectivity index (χ1) is 7.56. The fraction of sp³-hybridized carbons (Fsp3) is 0.333. The summed E-state index contributed by atoms with van der Waals surface area (Å²) in [5.74, 6) is 0.313. The Bertz CT molecular complexity index is 406. The average molecular weight is 337 g/mol. The van der Waals surface area contributed by atoms with Gasteiger partial charge in [0, 0.05) is 0 Å². The van der Waals surface area contributed by atoms with E-state index in [1.807, 2.05) is 19.9 Å². The monoisotopic (exact) mass is 337 g/mol. The van der Waals surface area contributed by atoms with Gasteiger partial charge in [0.05, 0.1) is 0 Å². The van der Waals surface area contributed by atoms with Gasteiger partial charge < -0.3 is 0 Å². The molecule has 0 radical (unpaired) electrons. The van der Waals surface area contributed by atoms with Crippen molar-refractivity contribution in [2.45, 2.75) is 19.8 Å². The molecule has 0 saturated heterocycles. The Morgan fingerprint density at radius 3 is 2.69 bits per heavy atom. The maximum atomic E-state index is 9.17. The summed E-state index contributed by atoms with van der Waals surface area (Å²) >= 11 is -1.02. The van der Waals surface area contributed by atoms with Crippen molar-refractivity contribution >= 4 is 32.7 Å². The number of nitrogens with zero attached hydrogens (tertiary/aromatic N) is 3. The number of rotatable bonds is 4. The van der Waals surface area contributed by atoms with E-state index in [2.05, 4.69) is 8.44 Å². The molecule has 0 spiro atoms. The van der Waals surface area contributed by atoms with Crippen LogP contribution in [0, 0.1) is 3.56 Å². The third kappa shape index (κ3) is 3.29. The van der Waals surface area contributed by atoms with Gasteiger partial charge in [-0.2, -0.15) is 0 Å². The van der Waals surface area contributed by atoms with Gasteiger partial charge in [-0.3, -0.25) is 8.77 Å². The second-order valence-electron chi connectivity index (χ2n) is 3.47. The summed E-state index contributed by atoms with van der Waals surface area (Å²) in [6.07, 6.45) is 0. The summed E-state index contributed by atoms with van der Waals surface area (Å²) in [5.41, 5.74) is 1.71. The van der Waals surface area contributed by atoms with Gasteiger partial charge in [-0.15, -0.1) is 8.44 Å². The zero-order valence-electron chi connectivity index (χ0n) is 8.98. The molecule has 4 N–H and O–H groups in total. The lowest BCUT2D eigenvalue weighted by Crippen LogP contribution is -2.11. The van der Waals surface area contributed by atoms with Crippen LogP contribution in [-0.2, 0) is 0 Å². The van der Waals surface area contributed by atoms with E-state index in [1.165, 1.54) is 0 Å². The van der Waals surface area contributed by atoms with Crippen LogP contribution < -0.4 is 5.23 Å². The normalized spacial score (nSPS) is 11.3. The Balaban J connectivity index is 3.19. The molecule has 0 aliphatic rings. The van der Waals surface area contributed by atoms with Crippen molar-refractivity contribution in [2.75, 3.05) is 5.23 Å². The first-order valence-corrected chi connectivity index (χ1v) is 6.65. The first kappa shape index (κ1) is 13.1. The predicted octanol–water partition coefficient (Wildman–Crippen LogP) is 3.38. The molecular weight excluding hydrogens is 323 g/mol. The molecule has 6 nitrogen and oxygen atoms in total. The van der Waals surface area contributed by atoms with Crippen molar-refractivity contribution in [3.05, 3.63) is 23.8 Å². The summed E-state index contributed by atoms with van der Waals surface area (Å²) in [7, 11) is 0. The zero-order chi connectivity index (χ0) is 12.1. The average Bonchev–Trinajstić information content (AvgIpc) is 2.25. The number of hydrogen-bond acceptors (Lipinski definition) is 4. The predicted molar refractivity (Wildman–Crippen MR) is 69.7 cm³/mol. The quantitative estimate of drug-likeness (QED) is 0.381. The molecule has 0 aliphatic heterocycles. The molecule has 0 unspecified atom stereocenters. The molecule has 16 heavy (non-hydrogen) atoms. The maximum Gasteiger partial charge on any atom is 0.169 e. The highest BCUT2D eigenvalue weighted by atomic mass is 127. The molecule has 0 atom stereocenters. The fourth-order valence-electron chi connectivity index (χ4n) is 1.21. The zero-order valence-corrected chi connectivity index (χ0v) is 11.1. The highest BCUT2D eigenvalue weighted by Gasteiger charge is 2.12. The molecule has 0 saturated carbocycles. The second kappa shape index (κ2) is 5.97.